The van der Waals surface area contributed by atoms with Crippen molar-refractivity contribution in [3.63, 3.8) is 0 Å². The molecule has 0 saturated carbocycles. The molecule has 0 aliphatic carbocycles. The molecular formula is C9H13NO2. The molecular weight excluding hydrogens is 154 g/mol. The third-order valence-electron chi connectivity index (χ3n) is 3.27. The van der Waals surface area contributed by atoms with Crippen molar-refractivity contribution < 1.29 is 9.84 Å². The van der Waals surface area contributed by atoms with E-state index in [0.717, 1.165) is 0 Å². The van der Waals surface area contributed by atoms with Crippen LogP contribution in [0.3, 0.4) is 0 Å². The van der Waals surface area contributed by atoms with E-state index in [1.54, 1.807) is 0 Å². The number of nitrogens with zero attached hydrogens (tertiary/aromatic N) is 1. The number of aliphatic hydroxyl groups excluding tert-OH is 1. The molecule has 2 fully saturated rings. The Balaban J connectivity index is 2.33. The van der Waals surface area contributed by atoms with Crippen LogP contribution in [0.1, 0.15) is 26.7 Å². The van der Waals surface area contributed by atoms with Crippen molar-refractivity contribution in [3.8, 4) is 6.07 Å². The van der Waals surface area contributed by atoms with E-state index in [0.29, 0.717) is 12.8 Å². The monoisotopic (exact) mass is 167 g/mol. The molecule has 12 heavy (non-hydrogen) atoms. The van der Waals surface area contributed by atoms with Gasteiger partial charge >= 0.3 is 0 Å². The highest BCUT2D eigenvalue weighted by Gasteiger charge is 2.61. The van der Waals surface area contributed by atoms with Crippen LogP contribution in [-0.2, 0) is 4.74 Å². The summed E-state index contributed by atoms with van der Waals surface area (Å²) in [6.45, 7) is 3.81. The van der Waals surface area contributed by atoms with Gasteiger partial charge in [0, 0.05) is 6.42 Å². The van der Waals surface area contributed by atoms with Crippen LogP contribution in [0.4, 0.5) is 0 Å². The molecule has 0 radical (unpaired) electrons. The zero-order valence-corrected chi connectivity index (χ0v) is 7.37. The summed E-state index contributed by atoms with van der Waals surface area (Å²) in [6.07, 6.45) is 0.871. The second-order valence-electron chi connectivity index (χ2n) is 4.33. The minimum Gasteiger partial charge on any atom is -0.390 e. The van der Waals surface area contributed by atoms with E-state index in [-0.39, 0.29) is 5.92 Å². The number of ether oxygens (including phenoxy) is 1. The molecule has 2 aliphatic rings. The summed E-state index contributed by atoms with van der Waals surface area (Å²) in [5.74, 6) is -0.0501. The van der Waals surface area contributed by atoms with Crippen molar-refractivity contribution in [2.45, 2.75) is 44.0 Å². The maximum atomic E-state index is 9.62. The Kier molecular flexibility index (Phi) is 1.35. The Labute approximate surface area is 71.9 Å². The third-order valence-corrected chi connectivity index (χ3v) is 3.27. The Bertz CT molecular complexity index is 260. The number of rotatable bonds is 0. The van der Waals surface area contributed by atoms with E-state index in [2.05, 4.69) is 6.07 Å². The number of hydrogen-bond acceptors (Lipinski definition) is 3. The molecule has 2 saturated heterocycles. The molecule has 3 nitrogen and oxygen atoms in total. The van der Waals surface area contributed by atoms with Gasteiger partial charge in [0.15, 0.2) is 0 Å². The van der Waals surface area contributed by atoms with E-state index in [9.17, 15) is 5.11 Å². The fourth-order valence-electron chi connectivity index (χ4n) is 2.44. The molecule has 0 amide bonds. The number of fused-ring (bicyclic) bond motifs is 2. The smallest absolute Gasteiger partial charge is 0.0934 e. The van der Waals surface area contributed by atoms with Crippen molar-refractivity contribution in [1.29, 1.82) is 5.26 Å². The first-order valence-electron chi connectivity index (χ1n) is 4.28. The molecule has 2 heterocycles. The lowest BCUT2D eigenvalue weighted by Gasteiger charge is -2.27. The lowest BCUT2D eigenvalue weighted by Crippen LogP contribution is -2.38. The molecule has 1 N–H and O–H groups in total. The Hall–Kier alpha value is -0.590. The van der Waals surface area contributed by atoms with E-state index in [1.165, 1.54) is 0 Å². The predicted molar refractivity (Wildman–Crippen MR) is 42.2 cm³/mol. The summed E-state index contributed by atoms with van der Waals surface area (Å²) in [7, 11) is 0. The number of nitriles is 1. The second kappa shape index (κ2) is 2.01. The van der Waals surface area contributed by atoms with Gasteiger partial charge in [-0.2, -0.15) is 5.26 Å². The lowest BCUT2D eigenvalue weighted by molar-refractivity contribution is -0.0585. The summed E-state index contributed by atoms with van der Waals surface area (Å²) in [4.78, 5) is 0. The van der Waals surface area contributed by atoms with Gasteiger partial charge in [0.05, 0.1) is 29.3 Å². The van der Waals surface area contributed by atoms with Gasteiger partial charge in [-0.15, -0.1) is 0 Å². The van der Waals surface area contributed by atoms with Gasteiger partial charge in [-0.1, -0.05) is 0 Å². The van der Waals surface area contributed by atoms with Crippen molar-refractivity contribution in [1.82, 2.24) is 0 Å². The first kappa shape index (κ1) is 8.03. The minimum absolute atomic E-state index is 0.0501. The van der Waals surface area contributed by atoms with E-state index < -0.39 is 17.3 Å². The number of aliphatic hydroxyl groups is 1. The first-order chi connectivity index (χ1) is 5.50. The molecule has 0 spiro atoms. The highest BCUT2D eigenvalue weighted by molar-refractivity contribution is 5.15. The molecule has 0 aromatic heterocycles. The fraction of sp³-hybridized carbons (Fsp3) is 0.889. The average Bonchev–Trinajstić information content (AvgIpc) is 2.34. The van der Waals surface area contributed by atoms with Crippen molar-refractivity contribution >= 4 is 0 Å². The Morgan fingerprint density at radius 3 is 2.42 bits per heavy atom. The highest BCUT2D eigenvalue weighted by Crippen LogP contribution is 2.53. The Morgan fingerprint density at radius 1 is 1.42 bits per heavy atom. The molecule has 2 rings (SSSR count). The van der Waals surface area contributed by atoms with Crippen molar-refractivity contribution in [2.75, 3.05) is 0 Å². The Morgan fingerprint density at radius 2 is 2.08 bits per heavy atom. The zero-order valence-electron chi connectivity index (χ0n) is 7.37. The van der Waals surface area contributed by atoms with Crippen LogP contribution >= 0.6 is 0 Å². The maximum absolute atomic E-state index is 9.62. The summed E-state index contributed by atoms with van der Waals surface area (Å²) in [5, 5.41) is 18.5. The van der Waals surface area contributed by atoms with Gasteiger partial charge in [-0.3, -0.25) is 0 Å². The molecule has 4 atom stereocenters. The average molecular weight is 167 g/mol. The van der Waals surface area contributed by atoms with Crippen molar-refractivity contribution in [2.24, 2.45) is 5.92 Å². The quantitative estimate of drug-likeness (QED) is 0.581. The standard InChI is InChI=1S/C9H13NO2/c1-8-4-7(11)9(2,12-8)3-6(8)5-10/h6-7,11H,3-4H2,1-2H3. The summed E-state index contributed by atoms with van der Waals surface area (Å²) < 4.78 is 5.69. The molecule has 2 aliphatic heterocycles. The maximum Gasteiger partial charge on any atom is 0.0934 e. The topological polar surface area (TPSA) is 53.2 Å². The van der Waals surface area contributed by atoms with Crippen LogP contribution in [0, 0.1) is 17.2 Å². The minimum atomic E-state index is -0.463. The van der Waals surface area contributed by atoms with Crippen LogP contribution in [0.5, 0.6) is 0 Å². The SMILES string of the molecule is CC12CC(C#N)C(C)(CC1O)O2. The van der Waals surface area contributed by atoms with Gasteiger partial charge in [-0.25, -0.2) is 0 Å². The molecule has 2 bridgehead atoms. The van der Waals surface area contributed by atoms with Gasteiger partial charge in [0.25, 0.3) is 0 Å². The zero-order chi connectivity index (χ0) is 8.98. The van der Waals surface area contributed by atoms with Crippen LogP contribution in [0.25, 0.3) is 0 Å². The van der Waals surface area contributed by atoms with Gasteiger partial charge in [0.2, 0.25) is 0 Å². The van der Waals surface area contributed by atoms with Gasteiger partial charge in [0.1, 0.15) is 0 Å². The summed E-state index contributed by atoms with van der Waals surface area (Å²) in [5.41, 5.74) is -0.863. The van der Waals surface area contributed by atoms with Crippen molar-refractivity contribution in [3.05, 3.63) is 0 Å². The first-order valence-corrected chi connectivity index (χ1v) is 4.28. The summed E-state index contributed by atoms with van der Waals surface area (Å²) in [6, 6.07) is 2.25. The van der Waals surface area contributed by atoms with Crippen LogP contribution in [0.2, 0.25) is 0 Å². The van der Waals surface area contributed by atoms with E-state index in [4.69, 9.17) is 10.00 Å². The van der Waals surface area contributed by atoms with E-state index >= 15 is 0 Å². The summed E-state index contributed by atoms with van der Waals surface area (Å²) >= 11 is 0. The van der Waals surface area contributed by atoms with Crippen LogP contribution < -0.4 is 0 Å². The van der Waals surface area contributed by atoms with Crippen LogP contribution in [0.15, 0.2) is 0 Å². The third kappa shape index (κ3) is 0.769. The largest absolute Gasteiger partial charge is 0.390 e. The molecule has 0 aromatic rings. The van der Waals surface area contributed by atoms with Crippen LogP contribution in [-0.4, -0.2) is 22.4 Å². The number of hydrogen-bond donors (Lipinski definition) is 1. The van der Waals surface area contributed by atoms with Gasteiger partial charge in [-0.05, 0) is 20.3 Å². The fourth-order valence-corrected chi connectivity index (χ4v) is 2.44. The molecule has 0 aromatic carbocycles. The molecule has 4 unspecified atom stereocenters. The predicted octanol–water partition coefficient (Wildman–Crippen LogP) is 0.828. The van der Waals surface area contributed by atoms with E-state index in [1.807, 2.05) is 13.8 Å². The molecule has 66 valence electrons. The lowest BCUT2D eigenvalue weighted by atomic mass is 9.75. The highest BCUT2D eigenvalue weighted by atomic mass is 16.6. The molecule has 3 heteroatoms. The van der Waals surface area contributed by atoms with Gasteiger partial charge < -0.3 is 9.84 Å². The normalized spacial score (nSPS) is 57.2. The second-order valence-corrected chi connectivity index (χ2v) is 4.33.